The first-order valence-corrected chi connectivity index (χ1v) is 9.34. The lowest BCUT2D eigenvalue weighted by molar-refractivity contribution is -0.154. The molecule has 2 aromatic carbocycles. The molecule has 5 rings (SSSR count). The molecule has 3 heterocycles. The van der Waals surface area contributed by atoms with E-state index in [4.69, 9.17) is 11.6 Å². The average Bonchev–Trinajstić information content (AvgIpc) is 3.07. The van der Waals surface area contributed by atoms with E-state index in [1.807, 2.05) is 49.4 Å². The number of hydrogen-bond acceptors (Lipinski definition) is 2. The van der Waals surface area contributed by atoms with Crippen molar-refractivity contribution in [3.8, 4) is 0 Å². The maximum absolute atomic E-state index is 12.9. The number of fused-ring (bicyclic) bond motifs is 5. The zero-order chi connectivity index (χ0) is 18.8. The third-order valence-corrected chi connectivity index (χ3v) is 6.25. The summed E-state index contributed by atoms with van der Waals surface area (Å²) < 4.78 is 0. The van der Waals surface area contributed by atoms with Gasteiger partial charge in [-0.25, -0.2) is 0 Å². The molecule has 1 saturated heterocycles. The molecule has 2 atom stereocenters. The highest BCUT2D eigenvalue weighted by atomic mass is 35.5. The van der Waals surface area contributed by atoms with Crippen molar-refractivity contribution in [1.82, 2.24) is 15.2 Å². The van der Waals surface area contributed by atoms with Gasteiger partial charge in [0.05, 0.1) is 12.2 Å². The molecule has 0 spiro atoms. The van der Waals surface area contributed by atoms with E-state index in [1.54, 1.807) is 4.90 Å². The molecule has 1 fully saturated rings. The van der Waals surface area contributed by atoms with E-state index in [-0.39, 0.29) is 24.3 Å². The largest absolute Gasteiger partial charge is 0.356 e. The van der Waals surface area contributed by atoms with Crippen LogP contribution in [0.3, 0.4) is 0 Å². The molecule has 0 saturated carbocycles. The Bertz CT molecular complexity index is 1110. The summed E-state index contributed by atoms with van der Waals surface area (Å²) in [5, 5.41) is 4.47. The molecule has 27 heavy (non-hydrogen) atoms. The van der Waals surface area contributed by atoms with E-state index >= 15 is 0 Å². The van der Waals surface area contributed by atoms with Gasteiger partial charge >= 0.3 is 0 Å². The number of amides is 2. The van der Waals surface area contributed by atoms with Gasteiger partial charge in [0.1, 0.15) is 0 Å². The van der Waals surface area contributed by atoms with Crippen molar-refractivity contribution in [3.63, 3.8) is 0 Å². The fraction of sp³-hybridized carbons (Fsp3) is 0.238. The van der Waals surface area contributed by atoms with Crippen molar-refractivity contribution in [2.24, 2.45) is 0 Å². The summed E-state index contributed by atoms with van der Waals surface area (Å²) in [6, 6.07) is 15.7. The molecule has 1 aromatic heterocycles. The molecule has 0 aliphatic carbocycles. The highest BCUT2D eigenvalue weighted by Crippen LogP contribution is 2.47. The number of aromatic amines is 1. The van der Waals surface area contributed by atoms with Crippen molar-refractivity contribution >= 4 is 34.3 Å². The third-order valence-electron chi connectivity index (χ3n) is 5.91. The predicted molar refractivity (Wildman–Crippen MR) is 104 cm³/mol. The van der Waals surface area contributed by atoms with E-state index in [0.717, 1.165) is 27.7 Å². The van der Waals surface area contributed by atoms with Gasteiger partial charge in [0.2, 0.25) is 5.91 Å². The Morgan fingerprint density at radius 1 is 1.11 bits per heavy atom. The highest BCUT2D eigenvalue weighted by molar-refractivity contribution is 6.31. The minimum atomic E-state index is -1.05. The maximum atomic E-state index is 12.9. The van der Waals surface area contributed by atoms with E-state index in [2.05, 4.69) is 16.4 Å². The Kier molecular flexibility index (Phi) is 3.40. The number of carbonyl (C=O) groups excluding carboxylic acids is 2. The van der Waals surface area contributed by atoms with Gasteiger partial charge in [-0.1, -0.05) is 48.0 Å². The smallest absolute Gasteiger partial charge is 0.252 e. The van der Waals surface area contributed by atoms with E-state index < -0.39 is 5.54 Å². The number of hydrogen-bond donors (Lipinski definition) is 2. The van der Waals surface area contributed by atoms with Crippen LogP contribution >= 0.6 is 11.6 Å². The molecular weight excluding hydrogens is 362 g/mol. The van der Waals surface area contributed by atoms with Crippen molar-refractivity contribution in [2.75, 3.05) is 13.1 Å². The minimum absolute atomic E-state index is 0.0270. The molecule has 136 valence electrons. The molecule has 2 aliphatic heterocycles. The Morgan fingerprint density at radius 2 is 1.85 bits per heavy atom. The zero-order valence-corrected chi connectivity index (χ0v) is 15.5. The van der Waals surface area contributed by atoms with E-state index in [9.17, 15) is 9.59 Å². The normalized spacial score (nSPS) is 24.5. The highest BCUT2D eigenvalue weighted by Gasteiger charge is 2.54. The van der Waals surface area contributed by atoms with Gasteiger partial charge in [0, 0.05) is 28.4 Å². The molecule has 2 N–H and O–H groups in total. The number of nitrogens with one attached hydrogen (secondary N) is 2. The van der Waals surface area contributed by atoms with Crippen LogP contribution in [0.15, 0.2) is 48.5 Å². The van der Waals surface area contributed by atoms with Crippen molar-refractivity contribution in [2.45, 2.75) is 18.4 Å². The first kappa shape index (κ1) is 16.4. The van der Waals surface area contributed by atoms with Crippen molar-refractivity contribution in [1.29, 1.82) is 0 Å². The first-order chi connectivity index (χ1) is 13.0. The van der Waals surface area contributed by atoms with Gasteiger partial charge in [0.25, 0.3) is 5.91 Å². The second kappa shape index (κ2) is 5.60. The summed E-state index contributed by atoms with van der Waals surface area (Å²) in [6.45, 7) is 2.26. The van der Waals surface area contributed by atoms with Crippen LogP contribution in [-0.2, 0) is 15.1 Å². The van der Waals surface area contributed by atoms with Gasteiger partial charge in [-0.3, -0.25) is 9.59 Å². The number of nitrogens with zero attached hydrogens (tertiary/aromatic N) is 1. The molecule has 6 heteroatoms. The average molecular weight is 380 g/mol. The summed E-state index contributed by atoms with van der Waals surface area (Å²) in [5.74, 6) is -0.348. The molecule has 2 amide bonds. The number of para-hydroxylation sites is 1. The van der Waals surface area contributed by atoms with Crippen molar-refractivity contribution < 1.29 is 9.59 Å². The van der Waals surface area contributed by atoms with E-state index in [1.165, 1.54) is 0 Å². The molecule has 0 unspecified atom stereocenters. The quantitative estimate of drug-likeness (QED) is 0.682. The number of rotatable bonds is 1. The number of benzene rings is 2. The van der Waals surface area contributed by atoms with Crippen LogP contribution in [0.4, 0.5) is 0 Å². The minimum Gasteiger partial charge on any atom is -0.356 e. The lowest BCUT2D eigenvalue weighted by atomic mass is 9.76. The van der Waals surface area contributed by atoms with Crippen LogP contribution in [0.25, 0.3) is 10.9 Å². The summed E-state index contributed by atoms with van der Waals surface area (Å²) in [4.78, 5) is 30.7. The molecule has 0 bridgehead atoms. The Hall–Kier alpha value is -2.79. The molecule has 5 nitrogen and oxygen atoms in total. The molecule has 3 aromatic rings. The number of aromatic nitrogens is 1. The lowest BCUT2D eigenvalue weighted by Gasteiger charge is -2.48. The predicted octanol–water partition coefficient (Wildman–Crippen LogP) is 3.14. The van der Waals surface area contributed by atoms with Crippen molar-refractivity contribution in [3.05, 3.63) is 70.4 Å². The third kappa shape index (κ3) is 2.12. The molecular formula is C21H18ClN3O2. The van der Waals surface area contributed by atoms with Crippen LogP contribution in [0.5, 0.6) is 0 Å². The first-order valence-electron chi connectivity index (χ1n) is 8.96. The fourth-order valence-corrected chi connectivity index (χ4v) is 4.79. The number of piperazine rings is 1. The monoisotopic (exact) mass is 379 g/mol. The van der Waals surface area contributed by atoms with Crippen LogP contribution in [0.2, 0.25) is 5.02 Å². The second-order valence-corrected chi connectivity index (χ2v) is 7.70. The topological polar surface area (TPSA) is 65.2 Å². The number of halogens is 1. The number of H-pyrrole nitrogens is 1. The number of carbonyl (C=O) groups is 2. The van der Waals surface area contributed by atoms with Gasteiger partial charge in [-0.2, -0.15) is 0 Å². The summed E-state index contributed by atoms with van der Waals surface area (Å²) in [5.41, 5.74) is 2.67. The fourth-order valence-electron chi connectivity index (χ4n) is 4.52. The van der Waals surface area contributed by atoms with E-state index in [0.29, 0.717) is 11.6 Å². The Labute approximate surface area is 161 Å². The summed E-state index contributed by atoms with van der Waals surface area (Å²) in [6.07, 6.45) is 0. The standard InChI is InChI=1S/C21H18ClN3O2/c1-21-19-18(13-7-3-5-9-16(13)24-19)14(12-6-2-4-8-15(12)22)11-25(21)17(26)10-23-20(21)27/h2-9,14,24H,10-11H2,1H3,(H,23,27)/t14-,21-/m0/s1. The van der Waals surface area contributed by atoms with Crippen LogP contribution in [0, 0.1) is 0 Å². The van der Waals surface area contributed by atoms with Gasteiger partial charge in [0.15, 0.2) is 5.54 Å². The van der Waals surface area contributed by atoms with Crippen LogP contribution in [0.1, 0.15) is 29.7 Å². The van der Waals surface area contributed by atoms with Crippen LogP contribution in [-0.4, -0.2) is 34.8 Å². The second-order valence-electron chi connectivity index (χ2n) is 7.29. The molecule has 0 radical (unpaired) electrons. The van der Waals surface area contributed by atoms with Crippen LogP contribution < -0.4 is 5.32 Å². The lowest BCUT2D eigenvalue weighted by Crippen LogP contribution is -2.66. The summed E-state index contributed by atoms with van der Waals surface area (Å²) in [7, 11) is 0. The summed E-state index contributed by atoms with van der Waals surface area (Å²) >= 11 is 6.52. The Balaban J connectivity index is 1.84. The van der Waals surface area contributed by atoms with Gasteiger partial charge in [-0.15, -0.1) is 0 Å². The van der Waals surface area contributed by atoms with Gasteiger partial charge in [-0.05, 0) is 30.2 Å². The maximum Gasteiger partial charge on any atom is 0.252 e. The zero-order valence-electron chi connectivity index (χ0n) is 14.8. The SMILES string of the molecule is C[C@]12C(=O)NCC(=O)N1C[C@@H](c1ccccc1Cl)c1c2[nH]c2ccccc12. The Morgan fingerprint density at radius 3 is 2.67 bits per heavy atom. The van der Waals surface area contributed by atoms with Gasteiger partial charge < -0.3 is 15.2 Å². The molecule has 2 aliphatic rings.